The predicted molar refractivity (Wildman–Crippen MR) is 93.5 cm³/mol. The number of ether oxygens (including phenoxy) is 1. The smallest absolute Gasteiger partial charge is 0.261 e. The van der Waals surface area contributed by atoms with E-state index in [-0.39, 0.29) is 18.6 Å². The molecule has 0 aliphatic carbocycles. The zero-order valence-corrected chi connectivity index (χ0v) is 14.4. The first-order valence-corrected chi connectivity index (χ1v) is 8.00. The Bertz CT molecular complexity index is 630. The van der Waals surface area contributed by atoms with Gasteiger partial charge in [0.25, 0.3) is 5.91 Å². The first-order chi connectivity index (χ1) is 11.0. The second-order valence-corrected chi connectivity index (χ2v) is 6.21. The van der Waals surface area contributed by atoms with Gasteiger partial charge in [0.05, 0.1) is 0 Å². The van der Waals surface area contributed by atoms with Crippen LogP contribution in [0.3, 0.4) is 0 Å². The van der Waals surface area contributed by atoms with Crippen LogP contribution in [0.15, 0.2) is 48.5 Å². The van der Waals surface area contributed by atoms with Gasteiger partial charge in [-0.25, -0.2) is 0 Å². The van der Waals surface area contributed by atoms with E-state index in [1.165, 1.54) is 0 Å². The molecule has 2 aromatic rings. The largest absolute Gasteiger partial charge is 0.484 e. The fraction of sp³-hybridized carbons (Fsp3) is 0.350. The van der Waals surface area contributed by atoms with Gasteiger partial charge in [-0.3, -0.25) is 4.79 Å². The minimum absolute atomic E-state index is 0.00279. The van der Waals surface area contributed by atoms with Gasteiger partial charge in [-0.15, -0.1) is 0 Å². The molecule has 0 fully saturated rings. The molecular formula is C20H25NO2. The fourth-order valence-electron chi connectivity index (χ4n) is 2.58. The summed E-state index contributed by atoms with van der Waals surface area (Å²) in [6.07, 6.45) is 0. The van der Waals surface area contributed by atoms with Crippen LogP contribution in [-0.2, 0) is 11.3 Å². The van der Waals surface area contributed by atoms with Crippen molar-refractivity contribution in [2.75, 3.05) is 6.61 Å². The first-order valence-electron chi connectivity index (χ1n) is 8.00. The van der Waals surface area contributed by atoms with Crippen LogP contribution in [0.25, 0.3) is 0 Å². The molecule has 23 heavy (non-hydrogen) atoms. The molecule has 0 aliphatic rings. The van der Waals surface area contributed by atoms with Crippen LogP contribution < -0.4 is 4.74 Å². The van der Waals surface area contributed by atoms with Crippen molar-refractivity contribution in [3.05, 3.63) is 65.2 Å². The lowest BCUT2D eigenvalue weighted by Gasteiger charge is -2.27. The molecule has 0 bridgehead atoms. The van der Waals surface area contributed by atoms with Crippen LogP contribution in [0, 0.1) is 13.8 Å². The topological polar surface area (TPSA) is 29.5 Å². The Kier molecular flexibility index (Phi) is 5.80. The molecule has 2 rings (SSSR count). The van der Waals surface area contributed by atoms with E-state index in [2.05, 4.69) is 6.07 Å². The molecule has 3 nitrogen and oxygen atoms in total. The Balaban J connectivity index is 2.01. The van der Waals surface area contributed by atoms with Gasteiger partial charge < -0.3 is 9.64 Å². The number of nitrogens with zero attached hydrogens (tertiary/aromatic N) is 1. The number of carbonyl (C=O) groups excluding carboxylic acids is 1. The standard InChI is InChI=1S/C20H25NO2/c1-15(2)21(13-18-8-6-5-7-9-18)20(22)14-23-19-11-16(3)10-17(4)12-19/h5-12,15H,13-14H2,1-4H3. The van der Waals surface area contributed by atoms with Gasteiger partial charge in [0.15, 0.2) is 6.61 Å². The van der Waals surface area contributed by atoms with E-state index in [9.17, 15) is 4.79 Å². The monoisotopic (exact) mass is 311 g/mol. The third kappa shape index (κ3) is 5.13. The molecule has 0 unspecified atom stereocenters. The van der Waals surface area contributed by atoms with Crippen molar-refractivity contribution in [1.29, 1.82) is 0 Å². The molecule has 0 aliphatic heterocycles. The van der Waals surface area contributed by atoms with Crippen molar-refractivity contribution < 1.29 is 9.53 Å². The molecule has 0 saturated heterocycles. The molecule has 0 aromatic heterocycles. The third-order valence-electron chi connectivity index (χ3n) is 3.70. The zero-order chi connectivity index (χ0) is 16.8. The van der Waals surface area contributed by atoms with Gasteiger partial charge in [-0.1, -0.05) is 36.4 Å². The lowest BCUT2D eigenvalue weighted by Crippen LogP contribution is -2.39. The summed E-state index contributed by atoms with van der Waals surface area (Å²) in [7, 11) is 0. The van der Waals surface area contributed by atoms with Crippen molar-refractivity contribution in [2.24, 2.45) is 0 Å². The maximum atomic E-state index is 12.5. The summed E-state index contributed by atoms with van der Waals surface area (Å²) in [5.74, 6) is 0.752. The maximum absolute atomic E-state index is 12.5. The van der Waals surface area contributed by atoms with Gasteiger partial charge in [-0.2, -0.15) is 0 Å². The summed E-state index contributed by atoms with van der Waals surface area (Å²) in [6, 6.07) is 16.2. The molecule has 0 saturated carbocycles. The van der Waals surface area contributed by atoms with E-state index >= 15 is 0 Å². The molecule has 122 valence electrons. The number of carbonyl (C=O) groups is 1. The molecule has 0 radical (unpaired) electrons. The van der Waals surface area contributed by atoms with Crippen LogP contribution in [0.4, 0.5) is 0 Å². The second kappa shape index (κ2) is 7.82. The SMILES string of the molecule is Cc1cc(C)cc(OCC(=O)N(Cc2ccccc2)C(C)C)c1. The number of rotatable bonds is 6. The van der Waals surface area contributed by atoms with Gasteiger partial charge in [-0.05, 0) is 56.5 Å². The molecule has 0 atom stereocenters. The van der Waals surface area contributed by atoms with E-state index in [4.69, 9.17) is 4.74 Å². The van der Waals surface area contributed by atoms with E-state index in [0.29, 0.717) is 6.54 Å². The number of aryl methyl sites for hydroxylation is 2. The van der Waals surface area contributed by atoms with Crippen molar-refractivity contribution in [3.63, 3.8) is 0 Å². The van der Waals surface area contributed by atoms with E-state index in [0.717, 1.165) is 22.4 Å². The van der Waals surface area contributed by atoms with E-state index in [1.54, 1.807) is 0 Å². The lowest BCUT2D eigenvalue weighted by molar-refractivity contribution is -0.135. The van der Waals surface area contributed by atoms with Gasteiger partial charge >= 0.3 is 0 Å². The summed E-state index contributed by atoms with van der Waals surface area (Å²) in [4.78, 5) is 14.4. The normalized spacial score (nSPS) is 10.7. The van der Waals surface area contributed by atoms with Gasteiger partial charge in [0.1, 0.15) is 5.75 Å². The minimum Gasteiger partial charge on any atom is -0.484 e. The van der Waals surface area contributed by atoms with E-state index in [1.807, 2.05) is 75.1 Å². The lowest BCUT2D eigenvalue weighted by atomic mass is 10.1. The molecule has 2 aromatic carbocycles. The maximum Gasteiger partial charge on any atom is 0.261 e. The van der Waals surface area contributed by atoms with Crippen molar-refractivity contribution in [2.45, 2.75) is 40.3 Å². The highest BCUT2D eigenvalue weighted by Gasteiger charge is 2.18. The second-order valence-electron chi connectivity index (χ2n) is 6.21. The number of hydrogen-bond donors (Lipinski definition) is 0. The van der Waals surface area contributed by atoms with Crippen molar-refractivity contribution in [1.82, 2.24) is 4.90 Å². The summed E-state index contributed by atoms with van der Waals surface area (Å²) < 4.78 is 5.71. The Labute approximate surface area is 138 Å². The Hall–Kier alpha value is -2.29. The van der Waals surface area contributed by atoms with Gasteiger partial charge in [0.2, 0.25) is 0 Å². The number of amides is 1. The summed E-state index contributed by atoms with van der Waals surface area (Å²) in [5, 5.41) is 0. The fourth-order valence-corrected chi connectivity index (χ4v) is 2.58. The van der Waals surface area contributed by atoms with E-state index < -0.39 is 0 Å². The summed E-state index contributed by atoms with van der Waals surface area (Å²) >= 11 is 0. The number of benzene rings is 2. The quantitative estimate of drug-likeness (QED) is 0.803. The van der Waals surface area contributed by atoms with Crippen LogP contribution in [0.1, 0.15) is 30.5 Å². The highest BCUT2D eigenvalue weighted by Crippen LogP contribution is 2.17. The van der Waals surface area contributed by atoms with Crippen LogP contribution in [-0.4, -0.2) is 23.5 Å². The zero-order valence-electron chi connectivity index (χ0n) is 14.4. The Morgan fingerprint density at radius 2 is 1.65 bits per heavy atom. The summed E-state index contributed by atoms with van der Waals surface area (Å²) in [5.41, 5.74) is 3.40. The molecule has 0 N–H and O–H groups in total. The third-order valence-corrected chi connectivity index (χ3v) is 3.70. The minimum atomic E-state index is 0.00279. The average molecular weight is 311 g/mol. The van der Waals surface area contributed by atoms with Crippen LogP contribution in [0.5, 0.6) is 5.75 Å². The summed E-state index contributed by atoms with van der Waals surface area (Å²) in [6.45, 7) is 8.77. The molecular weight excluding hydrogens is 286 g/mol. The molecule has 1 amide bonds. The van der Waals surface area contributed by atoms with Crippen molar-refractivity contribution in [3.8, 4) is 5.75 Å². The molecule has 0 spiro atoms. The highest BCUT2D eigenvalue weighted by atomic mass is 16.5. The van der Waals surface area contributed by atoms with Crippen molar-refractivity contribution >= 4 is 5.91 Å². The Morgan fingerprint density at radius 3 is 2.22 bits per heavy atom. The average Bonchev–Trinajstić information content (AvgIpc) is 2.50. The highest BCUT2D eigenvalue weighted by molar-refractivity contribution is 5.78. The van der Waals surface area contributed by atoms with Crippen LogP contribution in [0.2, 0.25) is 0 Å². The first kappa shape index (κ1) is 17.1. The number of hydrogen-bond acceptors (Lipinski definition) is 2. The Morgan fingerprint density at radius 1 is 1.04 bits per heavy atom. The molecule has 0 heterocycles. The molecule has 3 heteroatoms. The van der Waals surface area contributed by atoms with Crippen LogP contribution >= 0.6 is 0 Å². The predicted octanol–water partition coefficient (Wildman–Crippen LogP) is 4.12. The van der Waals surface area contributed by atoms with Gasteiger partial charge in [0, 0.05) is 12.6 Å².